The minimum atomic E-state index is -0.671. The van der Waals surface area contributed by atoms with E-state index in [1.807, 2.05) is 0 Å². The SMILES string of the molecule is CN(C)c1cc2c(cc1-c1csc([C@H]3CC[C@H](CCC(=O)O)CC3)n1)CCNCC2. The van der Waals surface area contributed by atoms with Crippen LogP contribution in [0.3, 0.4) is 0 Å². The Labute approximate surface area is 183 Å². The lowest BCUT2D eigenvalue weighted by molar-refractivity contribution is -0.137. The molecule has 0 saturated heterocycles. The van der Waals surface area contributed by atoms with E-state index < -0.39 is 5.97 Å². The van der Waals surface area contributed by atoms with Gasteiger partial charge in [0.25, 0.3) is 0 Å². The number of aromatic nitrogens is 1. The lowest BCUT2D eigenvalue weighted by Gasteiger charge is -2.27. The molecule has 2 N–H and O–H groups in total. The first-order valence-electron chi connectivity index (χ1n) is 11.2. The second-order valence-electron chi connectivity index (χ2n) is 9.00. The standard InChI is InChI=1S/C24H33N3O2S/c1-27(2)22-14-19-10-12-25-11-9-18(19)13-20(22)21-15-30-24(26-21)17-6-3-16(4-7-17)5-8-23(28)29/h13-17,25H,3-12H2,1-2H3,(H,28,29)/t16-,17-. The van der Waals surface area contributed by atoms with Crippen LogP contribution < -0.4 is 10.2 Å². The third kappa shape index (κ3) is 4.86. The summed E-state index contributed by atoms with van der Waals surface area (Å²) in [6.45, 7) is 2.09. The molecule has 1 saturated carbocycles. The predicted molar refractivity (Wildman–Crippen MR) is 124 cm³/mol. The summed E-state index contributed by atoms with van der Waals surface area (Å²) in [4.78, 5) is 18.1. The van der Waals surface area contributed by atoms with E-state index in [4.69, 9.17) is 10.1 Å². The summed E-state index contributed by atoms with van der Waals surface area (Å²) in [5, 5.41) is 15.9. The van der Waals surface area contributed by atoms with Gasteiger partial charge in [-0.15, -0.1) is 11.3 Å². The Morgan fingerprint density at radius 3 is 2.53 bits per heavy atom. The molecule has 162 valence electrons. The molecule has 2 aromatic rings. The number of anilines is 1. The second-order valence-corrected chi connectivity index (χ2v) is 9.89. The molecule has 1 aliphatic heterocycles. The van der Waals surface area contributed by atoms with Crippen LogP contribution in [0.2, 0.25) is 0 Å². The number of benzene rings is 1. The Bertz CT molecular complexity index is 885. The maximum Gasteiger partial charge on any atom is 0.303 e. The largest absolute Gasteiger partial charge is 0.481 e. The lowest BCUT2D eigenvalue weighted by Crippen LogP contribution is -2.16. The highest BCUT2D eigenvalue weighted by molar-refractivity contribution is 7.10. The number of thiazole rings is 1. The molecule has 4 rings (SSSR count). The van der Waals surface area contributed by atoms with Gasteiger partial charge in [-0.1, -0.05) is 0 Å². The zero-order valence-electron chi connectivity index (χ0n) is 18.1. The maximum absolute atomic E-state index is 10.8. The number of rotatable bonds is 6. The average molecular weight is 428 g/mol. The molecule has 1 aliphatic carbocycles. The van der Waals surface area contributed by atoms with Crippen molar-refractivity contribution in [1.82, 2.24) is 10.3 Å². The number of nitrogens with zero attached hydrogens (tertiary/aromatic N) is 2. The van der Waals surface area contributed by atoms with Crippen LogP contribution in [0.1, 0.15) is 60.6 Å². The van der Waals surface area contributed by atoms with Gasteiger partial charge in [0.15, 0.2) is 0 Å². The van der Waals surface area contributed by atoms with Crippen molar-refractivity contribution in [3.63, 3.8) is 0 Å². The molecule has 1 aromatic carbocycles. The number of aliphatic carboxylic acids is 1. The van der Waals surface area contributed by atoms with E-state index in [0.717, 1.165) is 63.7 Å². The van der Waals surface area contributed by atoms with Gasteiger partial charge in [0.1, 0.15) is 0 Å². The van der Waals surface area contributed by atoms with Gasteiger partial charge in [-0.3, -0.25) is 4.79 Å². The molecule has 0 radical (unpaired) electrons. The molecule has 5 nitrogen and oxygen atoms in total. The van der Waals surface area contributed by atoms with Crippen LogP contribution in [0.15, 0.2) is 17.5 Å². The van der Waals surface area contributed by atoms with Crippen LogP contribution in [0.5, 0.6) is 0 Å². The van der Waals surface area contributed by atoms with E-state index in [-0.39, 0.29) is 0 Å². The summed E-state index contributed by atoms with van der Waals surface area (Å²) in [7, 11) is 4.23. The summed E-state index contributed by atoms with van der Waals surface area (Å²) in [5.41, 5.74) is 6.52. The summed E-state index contributed by atoms with van der Waals surface area (Å²) < 4.78 is 0. The Hall–Kier alpha value is -1.92. The minimum absolute atomic E-state index is 0.303. The first kappa shape index (κ1) is 21.3. The van der Waals surface area contributed by atoms with Gasteiger partial charge in [-0.2, -0.15) is 0 Å². The molecule has 1 fully saturated rings. The monoisotopic (exact) mass is 427 g/mol. The smallest absolute Gasteiger partial charge is 0.303 e. The molecule has 6 heteroatoms. The van der Waals surface area contributed by atoms with Gasteiger partial charge in [0.05, 0.1) is 10.7 Å². The van der Waals surface area contributed by atoms with Crippen molar-refractivity contribution in [2.24, 2.45) is 5.92 Å². The molecule has 1 aromatic heterocycles. The Morgan fingerprint density at radius 2 is 1.87 bits per heavy atom. The highest BCUT2D eigenvalue weighted by Gasteiger charge is 2.25. The second kappa shape index (κ2) is 9.48. The van der Waals surface area contributed by atoms with Crippen LogP contribution in [0, 0.1) is 5.92 Å². The third-order valence-electron chi connectivity index (χ3n) is 6.70. The van der Waals surface area contributed by atoms with Gasteiger partial charge in [0.2, 0.25) is 0 Å². The fourth-order valence-corrected chi connectivity index (χ4v) is 5.90. The maximum atomic E-state index is 10.8. The van der Waals surface area contributed by atoms with Crippen molar-refractivity contribution in [3.05, 3.63) is 33.6 Å². The van der Waals surface area contributed by atoms with Gasteiger partial charge >= 0.3 is 5.97 Å². The van der Waals surface area contributed by atoms with Crippen molar-refractivity contribution in [2.45, 2.75) is 57.3 Å². The van der Waals surface area contributed by atoms with Crippen molar-refractivity contribution in [3.8, 4) is 11.3 Å². The highest BCUT2D eigenvalue weighted by Crippen LogP contribution is 2.41. The molecule has 0 bridgehead atoms. The van der Waals surface area contributed by atoms with Gasteiger partial charge in [-0.25, -0.2) is 4.98 Å². The summed E-state index contributed by atoms with van der Waals surface area (Å²) in [5.74, 6) is 0.419. The van der Waals surface area contributed by atoms with E-state index in [2.05, 4.69) is 41.8 Å². The number of nitrogens with one attached hydrogen (secondary N) is 1. The number of carboxylic acid groups (broad SMARTS) is 1. The van der Waals surface area contributed by atoms with Crippen LogP contribution in [0.25, 0.3) is 11.3 Å². The van der Waals surface area contributed by atoms with E-state index >= 15 is 0 Å². The molecule has 0 unspecified atom stereocenters. The average Bonchev–Trinajstić information content (AvgIpc) is 3.11. The summed E-state index contributed by atoms with van der Waals surface area (Å²) >= 11 is 1.80. The molecule has 0 amide bonds. The van der Waals surface area contributed by atoms with E-state index in [9.17, 15) is 4.79 Å². The van der Waals surface area contributed by atoms with Gasteiger partial charge < -0.3 is 15.3 Å². The highest BCUT2D eigenvalue weighted by atomic mass is 32.1. The number of hydrogen-bond donors (Lipinski definition) is 2. The topological polar surface area (TPSA) is 65.5 Å². The minimum Gasteiger partial charge on any atom is -0.481 e. The number of fused-ring (bicyclic) bond motifs is 1. The fraction of sp³-hybridized carbons (Fsp3) is 0.583. The molecular formula is C24H33N3O2S. The van der Waals surface area contributed by atoms with Gasteiger partial charge in [-0.05, 0) is 87.2 Å². The Kier molecular flexibility index (Phi) is 6.74. The molecular weight excluding hydrogens is 394 g/mol. The summed E-state index contributed by atoms with van der Waals surface area (Å²) in [6.07, 6.45) is 7.81. The molecule has 0 spiro atoms. The van der Waals surface area contributed by atoms with Crippen LogP contribution in [-0.4, -0.2) is 43.2 Å². The normalized spacial score (nSPS) is 21.7. The predicted octanol–water partition coefficient (Wildman–Crippen LogP) is 4.70. The zero-order valence-corrected chi connectivity index (χ0v) is 18.9. The zero-order chi connectivity index (χ0) is 21.1. The Morgan fingerprint density at radius 1 is 1.17 bits per heavy atom. The number of carbonyl (C=O) groups is 1. The van der Waals surface area contributed by atoms with Crippen LogP contribution >= 0.6 is 11.3 Å². The van der Waals surface area contributed by atoms with Crippen molar-refractivity contribution in [2.75, 3.05) is 32.1 Å². The first-order chi connectivity index (χ1) is 14.5. The van der Waals surface area contributed by atoms with Gasteiger partial charge in [0, 0.05) is 43.1 Å². The van der Waals surface area contributed by atoms with Crippen molar-refractivity contribution >= 4 is 23.0 Å². The Balaban J connectivity index is 1.51. The van der Waals surface area contributed by atoms with Crippen LogP contribution in [-0.2, 0) is 17.6 Å². The molecule has 2 heterocycles. The van der Waals surface area contributed by atoms with Crippen molar-refractivity contribution < 1.29 is 9.90 Å². The van der Waals surface area contributed by atoms with Crippen molar-refractivity contribution in [1.29, 1.82) is 0 Å². The number of carboxylic acids is 1. The van der Waals surface area contributed by atoms with E-state index in [0.29, 0.717) is 18.3 Å². The van der Waals surface area contributed by atoms with Crippen LogP contribution in [0.4, 0.5) is 5.69 Å². The first-order valence-corrected chi connectivity index (χ1v) is 12.1. The van der Waals surface area contributed by atoms with E-state index in [1.165, 1.54) is 27.4 Å². The van der Waals surface area contributed by atoms with E-state index in [1.54, 1.807) is 11.3 Å². The third-order valence-corrected chi connectivity index (χ3v) is 7.71. The quantitative estimate of drug-likeness (QED) is 0.699. The summed E-state index contributed by atoms with van der Waals surface area (Å²) in [6, 6.07) is 4.74. The molecule has 2 aliphatic rings. The lowest BCUT2D eigenvalue weighted by atomic mass is 9.80. The molecule has 0 atom stereocenters. The fourth-order valence-electron chi connectivity index (χ4n) is 4.91. The molecule has 30 heavy (non-hydrogen) atoms. The number of hydrogen-bond acceptors (Lipinski definition) is 5.